The van der Waals surface area contributed by atoms with Crippen molar-refractivity contribution in [3.05, 3.63) is 64.6 Å². The number of aromatic nitrogens is 1. The summed E-state index contributed by atoms with van der Waals surface area (Å²) >= 11 is 1.41. The Bertz CT molecular complexity index is 1680. The molecule has 3 aromatic rings. The summed E-state index contributed by atoms with van der Waals surface area (Å²) in [5.41, 5.74) is 3.29. The van der Waals surface area contributed by atoms with Gasteiger partial charge in [0.25, 0.3) is 0 Å². The second-order valence-electron chi connectivity index (χ2n) is 15.5. The number of thiazole rings is 1. The molecule has 2 aromatic carbocycles. The molecule has 3 fully saturated rings. The molecule has 0 bridgehead atoms. The second-order valence-corrected chi connectivity index (χ2v) is 16.2. The maximum atomic E-state index is 14.4. The molecule has 4 N–H and O–H groups in total. The van der Waals surface area contributed by atoms with Crippen LogP contribution in [0, 0.1) is 11.8 Å². The van der Waals surface area contributed by atoms with E-state index in [4.69, 9.17) is 4.74 Å². The van der Waals surface area contributed by atoms with Crippen molar-refractivity contribution < 1.29 is 29.0 Å². The molecule has 0 unspecified atom stereocenters. The van der Waals surface area contributed by atoms with Gasteiger partial charge >= 0.3 is 0 Å². The minimum absolute atomic E-state index is 0.0179. The largest absolute Gasteiger partial charge is 0.390 e. The molecule has 13 heteroatoms. The molecule has 2 aliphatic heterocycles. The number of fused-ring (bicyclic) bond motifs is 1. The zero-order valence-electron chi connectivity index (χ0n) is 32.0. The molecule has 4 atom stereocenters. The Kier molecular flexibility index (Phi) is 15.4. The number of benzene rings is 2. The molecule has 1 aliphatic carbocycles. The monoisotopic (exact) mass is 774 g/mol. The summed E-state index contributed by atoms with van der Waals surface area (Å²) in [6.07, 6.45) is 7.49. The number of hydrogen-bond acceptors (Lipinski definition) is 9. The number of morpholine rings is 1. The van der Waals surface area contributed by atoms with Crippen molar-refractivity contribution in [2.75, 3.05) is 52.5 Å². The molecule has 0 radical (unpaired) electrons. The van der Waals surface area contributed by atoms with Crippen molar-refractivity contribution in [3.8, 4) is 0 Å². The number of amides is 4. The molecule has 12 nitrogen and oxygen atoms in total. The van der Waals surface area contributed by atoms with Gasteiger partial charge in [0.05, 0.1) is 48.9 Å². The van der Waals surface area contributed by atoms with Gasteiger partial charge < -0.3 is 35.6 Å². The van der Waals surface area contributed by atoms with Crippen LogP contribution in [0.1, 0.15) is 75.5 Å². The van der Waals surface area contributed by atoms with Crippen LogP contribution < -0.4 is 16.0 Å². The van der Waals surface area contributed by atoms with Crippen LogP contribution in [-0.2, 0) is 36.8 Å². The summed E-state index contributed by atoms with van der Waals surface area (Å²) in [5, 5.41) is 24.5. The van der Waals surface area contributed by atoms with Crippen molar-refractivity contribution >= 4 is 45.7 Å². The topological polar surface area (TPSA) is 153 Å². The van der Waals surface area contributed by atoms with Crippen molar-refractivity contribution in [2.24, 2.45) is 11.8 Å². The molecule has 4 amide bonds. The van der Waals surface area contributed by atoms with Gasteiger partial charge in [-0.2, -0.15) is 0 Å². The zero-order valence-corrected chi connectivity index (χ0v) is 32.8. The minimum Gasteiger partial charge on any atom is -0.390 e. The number of carbonyl (C=O) groups is 4. The van der Waals surface area contributed by atoms with Gasteiger partial charge in [0.15, 0.2) is 0 Å². The molecule has 55 heavy (non-hydrogen) atoms. The quantitative estimate of drug-likeness (QED) is 0.152. The number of aliphatic hydroxyl groups excluding tert-OH is 1. The second kappa shape index (κ2) is 20.8. The first-order chi connectivity index (χ1) is 26.8. The fourth-order valence-electron chi connectivity index (χ4n) is 8.33. The molecule has 3 aliphatic rings. The third-order valence-electron chi connectivity index (χ3n) is 11.5. The summed E-state index contributed by atoms with van der Waals surface area (Å²) in [7, 11) is 0. The number of rotatable bonds is 18. The number of likely N-dealkylation sites (tertiary alicyclic amines) is 1. The van der Waals surface area contributed by atoms with Crippen molar-refractivity contribution in [3.63, 3.8) is 0 Å². The molecule has 298 valence electrons. The van der Waals surface area contributed by atoms with Crippen LogP contribution in [0.15, 0.2) is 53.4 Å². The van der Waals surface area contributed by atoms with E-state index in [9.17, 15) is 24.3 Å². The van der Waals surface area contributed by atoms with Gasteiger partial charge in [0.2, 0.25) is 23.6 Å². The average molecular weight is 775 g/mol. The minimum atomic E-state index is -1.10. The number of carbonyl (C=O) groups excluding carboxylic acids is 4. The van der Waals surface area contributed by atoms with E-state index in [0.717, 1.165) is 61.7 Å². The first-order valence-electron chi connectivity index (χ1n) is 20.3. The molecule has 6 rings (SSSR count). The molecule has 1 saturated carbocycles. The van der Waals surface area contributed by atoms with E-state index in [1.807, 2.05) is 47.8 Å². The maximum absolute atomic E-state index is 14.4. The lowest BCUT2D eigenvalue weighted by Crippen LogP contribution is -2.55. The first kappa shape index (κ1) is 40.7. The lowest BCUT2D eigenvalue weighted by atomic mass is 9.83. The van der Waals surface area contributed by atoms with Crippen LogP contribution in [0.25, 0.3) is 10.8 Å². The Hall–Kier alpha value is -3.91. The van der Waals surface area contributed by atoms with Gasteiger partial charge in [0, 0.05) is 44.4 Å². The summed E-state index contributed by atoms with van der Waals surface area (Å²) in [6, 6.07) is 12.3. The average Bonchev–Trinajstić information content (AvgIpc) is 3.93. The molecule has 2 saturated heterocycles. The highest BCUT2D eigenvalue weighted by Crippen LogP contribution is 2.29. The number of ether oxygens (including phenoxy) is 1. The third kappa shape index (κ3) is 12.3. The van der Waals surface area contributed by atoms with Gasteiger partial charge in [-0.05, 0) is 61.0 Å². The van der Waals surface area contributed by atoms with Gasteiger partial charge in [-0.25, -0.2) is 4.98 Å². The molecular formula is C42H58N6O6S. The van der Waals surface area contributed by atoms with E-state index >= 15 is 0 Å². The standard InChI is InChI=1S/C42H58N6O6S/c49-38(27-39(50)43-15-18-47-16-6-7-17-47)36(23-30-9-2-1-3-10-30)45-42(53)37(26-34-28-55-29-44-34)46-41(52)33(25-40(51)48-19-21-54-22-20-48)24-32-13-8-12-31-11-4-5-14-35(31)32/h4-5,8,11-14,28-30,33,36-38,49H,1-3,6-7,9-10,15-27H2,(H,43,50)(H,45,53)(H,46,52)/t33-,36+,37+,38+/m1/s1. The van der Waals surface area contributed by atoms with Crippen LogP contribution in [0.5, 0.6) is 0 Å². The van der Waals surface area contributed by atoms with Crippen LogP contribution in [0.4, 0.5) is 0 Å². The summed E-state index contributed by atoms with van der Waals surface area (Å²) in [6.45, 7) is 5.23. The Morgan fingerprint density at radius 1 is 0.873 bits per heavy atom. The highest BCUT2D eigenvalue weighted by molar-refractivity contribution is 7.07. The lowest BCUT2D eigenvalue weighted by Gasteiger charge is -2.32. The first-order valence-corrected chi connectivity index (χ1v) is 21.2. The van der Waals surface area contributed by atoms with Crippen molar-refractivity contribution in [2.45, 2.75) is 95.2 Å². The zero-order chi connectivity index (χ0) is 38.4. The fraction of sp³-hybridized carbons (Fsp3) is 0.595. The fourth-order valence-corrected chi connectivity index (χ4v) is 8.91. The molecule has 3 heterocycles. The number of hydrogen-bond donors (Lipinski definition) is 4. The van der Waals surface area contributed by atoms with Crippen LogP contribution in [0.2, 0.25) is 0 Å². The lowest BCUT2D eigenvalue weighted by molar-refractivity contribution is -0.140. The Labute approximate surface area is 328 Å². The highest BCUT2D eigenvalue weighted by Gasteiger charge is 2.34. The number of aliphatic hydroxyl groups is 1. The van der Waals surface area contributed by atoms with Crippen LogP contribution >= 0.6 is 11.3 Å². The Morgan fingerprint density at radius 3 is 2.40 bits per heavy atom. The van der Waals surface area contributed by atoms with E-state index < -0.39 is 35.9 Å². The van der Waals surface area contributed by atoms with Gasteiger partial charge in [-0.1, -0.05) is 74.6 Å². The molecule has 1 aromatic heterocycles. The normalized spacial score (nSPS) is 19.0. The van der Waals surface area contributed by atoms with Crippen molar-refractivity contribution in [1.82, 2.24) is 30.7 Å². The Morgan fingerprint density at radius 2 is 1.64 bits per heavy atom. The number of nitrogens with one attached hydrogen (secondary N) is 3. The summed E-state index contributed by atoms with van der Waals surface area (Å²) in [5.74, 6) is -1.65. The van der Waals surface area contributed by atoms with Crippen molar-refractivity contribution in [1.29, 1.82) is 0 Å². The maximum Gasteiger partial charge on any atom is 0.243 e. The summed E-state index contributed by atoms with van der Waals surface area (Å²) in [4.78, 5) is 63.8. The predicted molar refractivity (Wildman–Crippen MR) is 213 cm³/mol. The smallest absolute Gasteiger partial charge is 0.243 e. The van der Waals surface area contributed by atoms with E-state index in [2.05, 4.69) is 25.8 Å². The summed E-state index contributed by atoms with van der Waals surface area (Å²) < 4.78 is 5.46. The highest BCUT2D eigenvalue weighted by atomic mass is 32.1. The number of nitrogens with zero attached hydrogens (tertiary/aromatic N) is 3. The van der Waals surface area contributed by atoms with Gasteiger partial charge in [-0.3, -0.25) is 19.2 Å². The van der Waals surface area contributed by atoms with E-state index in [0.29, 0.717) is 57.3 Å². The van der Waals surface area contributed by atoms with Crippen LogP contribution in [0.3, 0.4) is 0 Å². The van der Waals surface area contributed by atoms with E-state index in [1.54, 1.807) is 10.4 Å². The SMILES string of the molecule is O=C(C[C@H](O)[C@H](CC1CCCCC1)NC(=O)[C@H](Cc1cscn1)NC(=O)[C@@H](CC(=O)N1CCOCC1)Cc1cccc2ccccc12)NCCN1CCCC1. The van der Waals surface area contributed by atoms with Crippen LogP contribution in [-0.4, -0.2) is 114 Å². The van der Waals surface area contributed by atoms with Gasteiger partial charge in [-0.15, -0.1) is 11.3 Å². The van der Waals surface area contributed by atoms with Gasteiger partial charge in [0.1, 0.15) is 6.04 Å². The predicted octanol–water partition coefficient (Wildman–Crippen LogP) is 3.85. The molecular weight excluding hydrogens is 717 g/mol. The van der Waals surface area contributed by atoms with E-state index in [-0.39, 0.29) is 31.1 Å². The Balaban J connectivity index is 1.18. The molecule has 0 spiro atoms. The van der Waals surface area contributed by atoms with E-state index in [1.165, 1.54) is 30.6 Å². The third-order valence-corrected chi connectivity index (χ3v) is 12.1.